The number of hydrogen-bond donors (Lipinski definition) is 2. The maximum atomic E-state index is 12.1. The molecule has 3 rings (SSSR count). The Morgan fingerprint density at radius 1 is 1.12 bits per heavy atom. The number of rotatable bonds is 4. The number of amidine groups is 1. The van der Waals surface area contributed by atoms with E-state index in [0.29, 0.717) is 15.1 Å². The largest absolute Gasteiger partial charge is 0.478 e. The molecule has 1 aliphatic heterocycles. The zero-order valence-corrected chi connectivity index (χ0v) is 14.9. The van der Waals surface area contributed by atoms with Crippen LogP contribution in [-0.4, -0.2) is 22.2 Å². The summed E-state index contributed by atoms with van der Waals surface area (Å²) in [6.07, 6.45) is 3.30. The second-order valence-electron chi connectivity index (χ2n) is 5.24. The second-order valence-corrected chi connectivity index (χ2v) is 6.71. The highest BCUT2D eigenvalue weighted by Crippen LogP contribution is 2.29. The molecule has 2 aromatic carbocycles. The lowest BCUT2D eigenvalue weighted by atomic mass is 10.2. The minimum absolute atomic E-state index is 0.0642. The molecule has 26 heavy (non-hydrogen) atoms. The molecule has 0 bridgehead atoms. The fraction of sp³-hybridized carbons (Fsp3) is 0. The van der Waals surface area contributed by atoms with Crippen molar-refractivity contribution in [3.63, 3.8) is 0 Å². The van der Waals surface area contributed by atoms with Gasteiger partial charge in [-0.05, 0) is 41.6 Å². The van der Waals surface area contributed by atoms with Crippen molar-refractivity contribution in [2.24, 2.45) is 4.99 Å². The van der Waals surface area contributed by atoms with E-state index in [9.17, 15) is 14.7 Å². The molecule has 0 radical (unpaired) electrons. The number of carbonyl (C=O) groups is 2. The lowest BCUT2D eigenvalue weighted by Crippen LogP contribution is -2.19. The summed E-state index contributed by atoms with van der Waals surface area (Å²) in [4.78, 5) is 28.0. The van der Waals surface area contributed by atoms with Gasteiger partial charge in [0.25, 0.3) is 5.91 Å². The number of aliphatic imine (C=N–C) groups is 1. The average Bonchev–Trinajstić information content (AvgIpc) is 2.95. The van der Waals surface area contributed by atoms with Crippen LogP contribution in [0.3, 0.4) is 0 Å². The van der Waals surface area contributed by atoms with Crippen LogP contribution >= 0.6 is 23.4 Å². The zero-order valence-electron chi connectivity index (χ0n) is 13.3. The molecule has 7 heteroatoms. The Morgan fingerprint density at radius 2 is 1.81 bits per heavy atom. The highest BCUT2D eigenvalue weighted by Gasteiger charge is 2.24. The van der Waals surface area contributed by atoms with Crippen LogP contribution in [0, 0.1) is 0 Å². The van der Waals surface area contributed by atoms with Crippen LogP contribution < -0.4 is 5.32 Å². The van der Waals surface area contributed by atoms with E-state index in [1.165, 1.54) is 6.07 Å². The molecular formula is C19H13ClN2O3S. The Morgan fingerprint density at radius 3 is 2.54 bits per heavy atom. The van der Waals surface area contributed by atoms with E-state index >= 15 is 0 Å². The van der Waals surface area contributed by atoms with Gasteiger partial charge in [0.05, 0.1) is 16.2 Å². The number of hydrogen-bond acceptors (Lipinski definition) is 4. The summed E-state index contributed by atoms with van der Waals surface area (Å²) in [6, 6.07) is 15.8. The molecular weight excluding hydrogens is 372 g/mol. The number of para-hydroxylation sites is 1. The van der Waals surface area contributed by atoms with Gasteiger partial charge in [0.15, 0.2) is 5.17 Å². The highest BCUT2D eigenvalue weighted by molar-refractivity contribution is 8.18. The summed E-state index contributed by atoms with van der Waals surface area (Å²) < 4.78 is 0. The molecule has 1 saturated heterocycles. The monoisotopic (exact) mass is 384 g/mol. The van der Waals surface area contributed by atoms with E-state index in [2.05, 4.69) is 10.3 Å². The van der Waals surface area contributed by atoms with Crippen molar-refractivity contribution in [3.05, 3.63) is 81.7 Å². The second kappa shape index (κ2) is 8.03. The van der Waals surface area contributed by atoms with Gasteiger partial charge in [0, 0.05) is 5.03 Å². The number of thioether (sulfide) groups is 1. The quantitative estimate of drug-likeness (QED) is 0.766. The van der Waals surface area contributed by atoms with Crippen LogP contribution in [0.15, 0.2) is 75.6 Å². The number of aromatic carboxylic acids is 1. The first kappa shape index (κ1) is 18.0. The van der Waals surface area contributed by atoms with Gasteiger partial charge in [-0.3, -0.25) is 4.79 Å². The third-order valence-electron chi connectivity index (χ3n) is 3.38. The highest BCUT2D eigenvalue weighted by atomic mass is 35.5. The standard InChI is InChI=1S/C19H13ClN2O3S/c20-13(10-12-6-2-1-3-7-12)11-16-17(23)22-19(26-16)21-15-9-5-4-8-14(15)18(24)25/h1-11H,(H,24,25)(H,21,22,23)/b13-10-,16-11-. The zero-order chi connectivity index (χ0) is 18.5. The van der Waals surface area contributed by atoms with Crippen molar-refractivity contribution in [3.8, 4) is 0 Å². The number of carbonyl (C=O) groups excluding carboxylic acids is 1. The first-order valence-electron chi connectivity index (χ1n) is 7.57. The van der Waals surface area contributed by atoms with E-state index in [1.54, 1.807) is 30.4 Å². The van der Waals surface area contributed by atoms with Crippen LogP contribution in [0.25, 0.3) is 6.08 Å². The van der Waals surface area contributed by atoms with Gasteiger partial charge in [-0.15, -0.1) is 0 Å². The van der Waals surface area contributed by atoms with E-state index < -0.39 is 5.97 Å². The third kappa shape index (κ3) is 4.41. The predicted molar refractivity (Wildman–Crippen MR) is 105 cm³/mol. The van der Waals surface area contributed by atoms with Crippen LogP contribution in [0.2, 0.25) is 0 Å². The van der Waals surface area contributed by atoms with E-state index in [1.807, 2.05) is 30.3 Å². The molecule has 5 nitrogen and oxygen atoms in total. The summed E-state index contributed by atoms with van der Waals surface area (Å²) in [7, 11) is 0. The topological polar surface area (TPSA) is 78.8 Å². The molecule has 0 aromatic heterocycles. The van der Waals surface area contributed by atoms with Crippen molar-refractivity contribution in [2.45, 2.75) is 0 Å². The lowest BCUT2D eigenvalue weighted by molar-refractivity contribution is -0.115. The molecule has 130 valence electrons. The summed E-state index contributed by atoms with van der Waals surface area (Å²) >= 11 is 7.31. The first-order valence-corrected chi connectivity index (χ1v) is 8.76. The lowest BCUT2D eigenvalue weighted by Gasteiger charge is -2.00. The first-order chi connectivity index (χ1) is 12.5. The molecule has 0 spiro atoms. The van der Waals surface area contributed by atoms with E-state index in [-0.39, 0.29) is 17.2 Å². The Bertz CT molecular complexity index is 952. The predicted octanol–water partition coefficient (Wildman–Crippen LogP) is 4.40. The van der Waals surface area contributed by atoms with Gasteiger partial charge >= 0.3 is 5.97 Å². The maximum Gasteiger partial charge on any atom is 0.337 e. The van der Waals surface area contributed by atoms with E-state index in [0.717, 1.165) is 17.3 Å². The van der Waals surface area contributed by atoms with Crippen molar-refractivity contribution in [1.29, 1.82) is 0 Å². The van der Waals surface area contributed by atoms with Crippen LogP contribution in [0.4, 0.5) is 5.69 Å². The number of allylic oxidation sites excluding steroid dienone is 2. The Kier molecular flexibility index (Phi) is 5.55. The smallest absolute Gasteiger partial charge is 0.337 e. The summed E-state index contributed by atoms with van der Waals surface area (Å²) in [5.41, 5.74) is 1.26. The number of nitrogens with one attached hydrogen (secondary N) is 1. The maximum absolute atomic E-state index is 12.1. The molecule has 1 amide bonds. The summed E-state index contributed by atoms with van der Waals surface area (Å²) in [6.45, 7) is 0. The molecule has 0 unspecified atom stereocenters. The van der Waals surface area contributed by atoms with Gasteiger partial charge in [0.2, 0.25) is 0 Å². The number of nitrogens with zero attached hydrogens (tertiary/aromatic N) is 1. The molecule has 0 saturated carbocycles. The molecule has 1 aliphatic rings. The number of halogens is 1. The number of carboxylic acid groups (broad SMARTS) is 1. The fourth-order valence-corrected chi connectivity index (χ4v) is 3.34. The van der Waals surface area contributed by atoms with Gasteiger partial charge < -0.3 is 10.4 Å². The van der Waals surface area contributed by atoms with Crippen LogP contribution in [0.1, 0.15) is 15.9 Å². The molecule has 0 aliphatic carbocycles. The SMILES string of the molecule is O=C1NC(=Nc2ccccc2C(=O)O)S/C1=C\C(Cl)=C\c1ccccc1. The number of benzene rings is 2. The molecule has 1 fully saturated rings. The third-order valence-corrected chi connectivity index (χ3v) is 4.51. The Balaban J connectivity index is 1.83. The molecule has 2 N–H and O–H groups in total. The van der Waals surface area contributed by atoms with Crippen molar-refractivity contribution in [1.82, 2.24) is 5.32 Å². The average molecular weight is 385 g/mol. The summed E-state index contributed by atoms with van der Waals surface area (Å²) in [5.74, 6) is -1.41. The van der Waals surface area contributed by atoms with Gasteiger partial charge in [-0.2, -0.15) is 0 Å². The minimum Gasteiger partial charge on any atom is -0.478 e. The van der Waals surface area contributed by atoms with Crippen molar-refractivity contribution >= 4 is 52.2 Å². The van der Waals surface area contributed by atoms with Gasteiger partial charge in [-0.25, -0.2) is 9.79 Å². The molecule has 2 aromatic rings. The van der Waals surface area contributed by atoms with Crippen LogP contribution in [-0.2, 0) is 4.79 Å². The van der Waals surface area contributed by atoms with Crippen molar-refractivity contribution < 1.29 is 14.7 Å². The van der Waals surface area contributed by atoms with Gasteiger partial charge in [0.1, 0.15) is 0 Å². The molecule has 0 atom stereocenters. The van der Waals surface area contributed by atoms with Crippen LogP contribution in [0.5, 0.6) is 0 Å². The van der Waals surface area contributed by atoms with E-state index in [4.69, 9.17) is 11.6 Å². The Labute approximate surface area is 159 Å². The van der Waals surface area contributed by atoms with Gasteiger partial charge in [-0.1, -0.05) is 54.1 Å². The fourth-order valence-electron chi connectivity index (χ4n) is 2.22. The normalized spacial score (nSPS) is 17.6. The minimum atomic E-state index is -1.08. The summed E-state index contributed by atoms with van der Waals surface area (Å²) in [5, 5.41) is 12.5. The number of carboxylic acids is 1. The Hall–Kier alpha value is -2.83. The number of amides is 1. The molecule has 1 heterocycles. The van der Waals surface area contributed by atoms with Crippen molar-refractivity contribution in [2.75, 3.05) is 0 Å².